The molecule has 44 heavy (non-hydrogen) atoms. The number of aryl methyl sites for hydroxylation is 2. The fraction of sp³-hybridized carbons (Fsp3) is 0.395. The van der Waals surface area contributed by atoms with Crippen LogP contribution in [0, 0.1) is 13.8 Å². The molecule has 0 bridgehead atoms. The number of hydrogen-bond acceptors (Lipinski definition) is 4. The standard InChI is InChI=1S/C38H47N2O4/c1-6-40(7-2,27-31-21-28(3)20-29(4)22-31)17-11-10-16-39(26-30-14-15-35-37(23-30)44-19-18-43-35)38(41)34-24-32-12-8-9-13-33(32)25-36(34)42-5/h8-9,12-15,20-25H,6-7,10-11,16-19,26-27H2,1-5H3/q+1. The highest BCUT2D eigenvalue weighted by Gasteiger charge is 2.25. The van der Waals surface area contributed by atoms with Crippen molar-refractivity contribution in [1.29, 1.82) is 0 Å². The molecule has 0 unspecified atom stereocenters. The third-order valence-electron chi connectivity index (χ3n) is 9.02. The first kappa shape index (κ1) is 31.4. The summed E-state index contributed by atoms with van der Waals surface area (Å²) in [4.78, 5) is 16.2. The number of unbranched alkanes of at least 4 members (excludes halogenated alkanes) is 1. The summed E-state index contributed by atoms with van der Waals surface area (Å²) >= 11 is 0. The van der Waals surface area contributed by atoms with Crippen LogP contribution < -0.4 is 14.2 Å². The van der Waals surface area contributed by atoms with Crippen LogP contribution in [-0.2, 0) is 13.1 Å². The van der Waals surface area contributed by atoms with E-state index in [0.29, 0.717) is 37.6 Å². The van der Waals surface area contributed by atoms with Crippen molar-refractivity contribution in [2.75, 3.05) is 46.5 Å². The van der Waals surface area contributed by atoms with Crippen LogP contribution in [-0.4, -0.2) is 61.8 Å². The summed E-state index contributed by atoms with van der Waals surface area (Å²) in [5.74, 6) is 2.07. The van der Waals surface area contributed by atoms with E-state index in [1.807, 2.05) is 59.5 Å². The van der Waals surface area contributed by atoms with Crippen LogP contribution in [0.4, 0.5) is 0 Å². The molecule has 4 aromatic rings. The summed E-state index contributed by atoms with van der Waals surface area (Å²) in [6.07, 6.45) is 1.95. The van der Waals surface area contributed by atoms with Crippen molar-refractivity contribution < 1.29 is 23.5 Å². The summed E-state index contributed by atoms with van der Waals surface area (Å²) in [5, 5.41) is 2.08. The van der Waals surface area contributed by atoms with Crippen LogP contribution >= 0.6 is 0 Å². The van der Waals surface area contributed by atoms with E-state index in [1.165, 1.54) is 16.7 Å². The Morgan fingerprint density at radius 3 is 2.18 bits per heavy atom. The maximum atomic E-state index is 14.3. The highest BCUT2D eigenvalue weighted by molar-refractivity contribution is 6.01. The summed E-state index contributed by atoms with van der Waals surface area (Å²) in [6.45, 7) is 15.5. The van der Waals surface area contributed by atoms with E-state index in [0.717, 1.165) is 71.3 Å². The first-order valence-corrected chi connectivity index (χ1v) is 16.0. The SMILES string of the molecule is CC[N+](CC)(CCCCN(Cc1ccc2c(c1)OCCO2)C(=O)c1cc2ccccc2cc1OC)Cc1cc(C)cc(C)c1. The predicted molar refractivity (Wildman–Crippen MR) is 178 cm³/mol. The topological polar surface area (TPSA) is 48.0 Å². The molecule has 4 aromatic carbocycles. The van der Waals surface area contributed by atoms with E-state index in [1.54, 1.807) is 7.11 Å². The molecule has 5 rings (SSSR count). The predicted octanol–water partition coefficient (Wildman–Crippen LogP) is 7.72. The Kier molecular flexibility index (Phi) is 10.1. The maximum absolute atomic E-state index is 14.3. The van der Waals surface area contributed by atoms with Gasteiger partial charge < -0.3 is 23.6 Å². The van der Waals surface area contributed by atoms with Crippen LogP contribution in [0.1, 0.15) is 59.3 Å². The number of carbonyl (C=O) groups is 1. The van der Waals surface area contributed by atoms with Gasteiger partial charge in [0.25, 0.3) is 5.91 Å². The summed E-state index contributed by atoms with van der Waals surface area (Å²) in [5.41, 5.74) is 5.66. The molecule has 0 aliphatic carbocycles. The van der Waals surface area contributed by atoms with Gasteiger partial charge in [-0.3, -0.25) is 4.79 Å². The molecule has 1 aliphatic rings. The minimum absolute atomic E-state index is 0.0236. The minimum Gasteiger partial charge on any atom is -0.496 e. The van der Waals surface area contributed by atoms with Gasteiger partial charge in [0.1, 0.15) is 25.5 Å². The van der Waals surface area contributed by atoms with Crippen LogP contribution in [0.3, 0.4) is 0 Å². The lowest BCUT2D eigenvalue weighted by Gasteiger charge is -2.37. The van der Waals surface area contributed by atoms with Crippen LogP contribution in [0.25, 0.3) is 10.8 Å². The Labute approximate surface area is 262 Å². The zero-order valence-corrected chi connectivity index (χ0v) is 27.0. The highest BCUT2D eigenvalue weighted by Crippen LogP contribution is 2.32. The lowest BCUT2D eigenvalue weighted by atomic mass is 10.0. The van der Waals surface area contributed by atoms with Crippen molar-refractivity contribution in [1.82, 2.24) is 4.90 Å². The fourth-order valence-electron chi connectivity index (χ4n) is 6.52. The van der Waals surface area contributed by atoms with Crippen molar-refractivity contribution >= 4 is 16.7 Å². The van der Waals surface area contributed by atoms with E-state index in [9.17, 15) is 4.79 Å². The first-order valence-electron chi connectivity index (χ1n) is 16.0. The number of ether oxygens (including phenoxy) is 3. The smallest absolute Gasteiger partial charge is 0.257 e. The van der Waals surface area contributed by atoms with Crippen LogP contribution in [0.5, 0.6) is 17.2 Å². The van der Waals surface area contributed by atoms with Gasteiger partial charge in [0.05, 0.1) is 32.3 Å². The molecular formula is C38H47N2O4+. The lowest BCUT2D eigenvalue weighted by molar-refractivity contribution is -0.938. The van der Waals surface area contributed by atoms with Crippen molar-refractivity contribution in [3.63, 3.8) is 0 Å². The van der Waals surface area contributed by atoms with E-state index in [4.69, 9.17) is 14.2 Å². The number of amides is 1. The average molecular weight is 596 g/mol. The molecule has 0 aromatic heterocycles. The van der Waals surface area contributed by atoms with Gasteiger partial charge >= 0.3 is 0 Å². The number of rotatable bonds is 13. The average Bonchev–Trinajstić information content (AvgIpc) is 3.04. The second kappa shape index (κ2) is 14.2. The van der Waals surface area contributed by atoms with Crippen molar-refractivity contribution in [3.05, 3.63) is 101 Å². The molecule has 0 saturated carbocycles. The second-order valence-electron chi connectivity index (χ2n) is 12.2. The molecule has 1 aliphatic heterocycles. The Bertz CT molecular complexity index is 1570. The summed E-state index contributed by atoms with van der Waals surface area (Å²) in [6, 6.07) is 24.9. The van der Waals surface area contributed by atoms with E-state index < -0.39 is 0 Å². The Hall–Kier alpha value is -4.03. The molecule has 1 heterocycles. The van der Waals surface area contributed by atoms with Crippen LogP contribution in [0.15, 0.2) is 72.8 Å². The first-order chi connectivity index (χ1) is 21.3. The van der Waals surface area contributed by atoms with Gasteiger partial charge in [-0.15, -0.1) is 0 Å². The van der Waals surface area contributed by atoms with Gasteiger partial charge in [-0.1, -0.05) is 59.7 Å². The van der Waals surface area contributed by atoms with E-state index in [2.05, 4.69) is 45.9 Å². The maximum Gasteiger partial charge on any atom is 0.257 e. The molecule has 0 saturated heterocycles. The third-order valence-corrected chi connectivity index (χ3v) is 9.02. The van der Waals surface area contributed by atoms with Gasteiger partial charge in [0, 0.05) is 18.7 Å². The van der Waals surface area contributed by atoms with Crippen molar-refractivity contribution in [2.45, 2.75) is 53.6 Å². The van der Waals surface area contributed by atoms with Crippen molar-refractivity contribution in [3.8, 4) is 17.2 Å². The molecule has 6 heteroatoms. The molecule has 0 atom stereocenters. The molecule has 6 nitrogen and oxygen atoms in total. The third kappa shape index (κ3) is 7.36. The van der Waals surface area contributed by atoms with Crippen molar-refractivity contribution in [2.24, 2.45) is 0 Å². The van der Waals surface area contributed by atoms with Gasteiger partial charge in [-0.2, -0.15) is 0 Å². The van der Waals surface area contributed by atoms with Gasteiger partial charge in [0.2, 0.25) is 0 Å². The lowest BCUT2D eigenvalue weighted by Crippen LogP contribution is -2.47. The Balaban J connectivity index is 1.35. The number of nitrogens with zero attached hydrogens (tertiary/aromatic N) is 2. The molecule has 0 fully saturated rings. The summed E-state index contributed by atoms with van der Waals surface area (Å²) in [7, 11) is 1.63. The van der Waals surface area contributed by atoms with E-state index >= 15 is 0 Å². The molecule has 232 valence electrons. The molecule has 0 radical (unpaired) electrons. The number of carbonyl (C=O) groups excluding carboxylic acids is 1. The second-order valence-corrected chi connectivity index (χ2v) is 12.2. The molecular weight excluding hydrogens is 548 g/mol. The molecule has 0 N–H and O–H groups in total. The number of quaternary nitrogens is 1. The molecule has 0 spiro atoms. The van der Waals surface area contributed by atoms with Gasteiger partial charge in [-0.05, 0) is 81.1 Å². The van der Waals surface area contributed by atoms with Crippen LogP contribution in [0.2, 0.25) is 0 Å². The highest BCUT2D eigenvalue weighted by atomic mass is 16.6. The largest absolute Gasteiger partial charge is 0.496 e. The Morgan fingerprint density at radius 2 is 1.50 bits per heavy atom. The fourth-order valence-corrected chi connectivity index (χ4v) is 6.52. The number of fused-ring (bicyclic) bond motifs is 2. The van der Waals surface area contributed by atoms with E-state index in [-0.39, 0.29) is 5.91 Å². The Morgan fingerprint density at radius 1 is 0.818 bits per heavy atom. The molecule has 1 amide bonds. The van der Waals surface area contributed by atoms with Gasteiger partial charge in [-0.25, -0.2) is 0 Å². The monoisotopic (exact) mass is 595 g/mol. The zero-order chi connectivity index (χ0) is 31.1. The quantitative estimate of drug-likeness (QED) is 0.117. The number of methoxy groups -OCH3 is 1. The van der Waals surface area contributed by atoms with Gasteiger partial charge in [0.15, 0.2) is 11.5 Å². The number of hydrogen-bond donors (Lipinski definition) is 0. The normalized spacial score (nSPS) is 12.8. The summed E-state index contributed by atoms with van der Waals surface area (Å²) < 4.78 is 18.4. The number of benzene rings is 4. The minimum atomic E-state index is -0.0236. The zero-order valence-electron chi connectivity index (χ0n) is 27.0.